The van der Waals surface area contributed by atoms with Crippen molar-refractivity contribution in [2.24, 2.45) is 0 Å². The molecular weight excluding hydrogens is 461 g/mol. The van der Waals surface area contributed by atoms with Gasteiger partial charge < -0.3 is 10.4 Å². The lowest BCUT2D eigenvalue weighted by Gasteiger charge is -2.15. The molecule has 0 saturated carbocycles. The quantitative estimate of drug-likeness (QED) is 0.505. The Bertz CT molecular complexity index is 1160. The van der Waals surface area contributed by atoms with Gasteiger partial charge in [0.2, 0.25) is 5.91 Å². The number of carboxylic acid groups (broad SMARTS) is 1. The van der Waals surface area contributed by atoms with Crippen molar-refractivity contribution in [1.82, 2.24) is 5.32 Å². The fourth-order valence-electron chi connectivity index (χ4n) is 3.80. The van der Waals surface area contributed by atoms with Gasteiger partial charge in [-0.3, -0.25) is 9.00 Å². The number of carbonyl (C=O) groups is 2. The molecular formula is C25H26FNO4S2. The van der Waals surface area contributed by atoms with Gasteiger partial charge in [-0.2, -0.15) is 0 Å². The van der Waals surface area contributed by atoms with Gasteiger partial charge in [-0.15, -0.1) is 11.8 Å². The molecule has 0 fully saturated rings. The Balaban J connectivity index is 1.90. The van der Waals surface area contributed by atoms with Gasteiger partial charge in [0.05, 0.1) is 6.42 Å². The second-order valence-electron chi connectivity index (χ2n) is 7.83. The van der Waals surface area contributed by atoms with Crippen molar-refractivity contribution in [3.05, 3.63) is 70.5 Å². The van der Waals surface area contributed by atoms with Crippen LogP contribution in [-0.4, -0.2) is 45.5 Å². The van der Waals surface area contributed by atoms with E-state index < -0.39 is 34.5 Å². The molecule has 0 bridgehead atoms. The van der Waals surface area contributed by atoms with Gasteiger partial charge in [-0.25, -0.2) is 9.18 Å². The van der Waals surface area contributed by atoms with Gasteiger partial charge in [-0.1, -0.05) is 18.2 Å². The molecule has 0 aliphatic heterocycles. The maximum absolute atomic E-state index is 14.1. The average molecular weight is 488 g/mol. The Labute approximate surface area is 199 Å². The summed E-state index contributed by atoms with van der Waals surface area (Å²) in [6, 6.07) is 11.5. The molecule has 1 aliphatic rings. The van der Waals surface area contributed by atoms with Crippen molar-refractivity contribution in [3.63, 3.8) is 0 Å². The Morgan fingerprint density at radius 1 is 1.18 bits per heavy atom. The lowest BCUT2D eigenvalue weighted by molar-refractivity contribution is -0.141. The number of hydrogen-bond donors (Lipinski definition) is 2. The van der Waals surface area contributed by atoms with Crippen LogP contribution in [0, 0.1) is 5.82 Å². The van der Waals surface area contributed by atoms with E-state index in [4.69, 9.17) is 0 Å². The molecule has 2 aromatic carbocycles. The Morgan fingerprint density at radius 3 is 2.48 bits per heavy atom. The van der Waals surface area contributed by atoms with E-state index in [1.165, 1.54) is 18.4 Å². The predicted octanol–water partition coefficient (Wildman–Crippen LogP) is 4.60. The van der Waals surface area contributed by atoms with E-state index in [1.54, 1.807) is 17.8 Å². The van der Waals surface area contributed by atoms with Crippen LogP contribution in [0.25, 0.3) is 17.2 Å². The number of thioether (sulfide) groups is 1. The number of carbonyl (C=O) groups excluding carboxylic acids is 1. The average Bonchev–Trinajstić information content (AvgIpc) is 3.01. The maximum Gasteiger partial charge on any atom is 0.326 e. The molecule has 0 aromatic heterocycles. The third-order valence-corrected chi connectivity index (χ3v) is 7.10. The first-order chi connectivity index (χ1) is 15.7. The van der Waals surface area contributed by atoms with Gasteiger partial charge in [0.15, 0.2) is 0 Å². The van der Waals surface area contributed by atoms with Crippen LogP contribution in [-0.2, 0) is 20.4 Å². The molecule has 2 atom stereocenters. The monoisotopic (exact) mass is 487 g/mol. The molecule has 0 radical (unpaired) electrons. The van der Waals surface area contributed by atoms with E-state index in [0.29, 0.717) is 11.1 Å². The molecule has 3 rings (SSSR count). The lowest BCUT2D eigenvalue weighted by atomic mass is 10.0. The standard InChI is InChI=1S/C25H26FNO4S2/c1-15-20(12-16-4-7-18(32-2)8-5-16)19-9-6-17(26)13-22(19)21(15)14-24(28)27-23(25(29)30)10-11-33(3)31/h4-9,12-13,23H,10-11,14H2,1-3H3,(H,27,28)(H,29,30). The highest BCUT2D eigenvalue weighted by Crippen LogP contribution is 2.43. The van der Waals surface area contributed by atoms with Crippen LogP contribution in [0.2, 0.25) is 0 Å². The molecule has 33 heavy (non-hydrogen) atoms. The van der Waals surface area contributed by atoms with E-state index in [-0.39, 0.29) is 18.6 Å². The van der Waals surface area contributed by atoms with Crippen LogP contribution in [0.4, 0.5) is 4.39 Å². The third kappa shape index (κ3) is 6.21. The van der Waals surface area contributed by atoms with Crippen LogP contribution in [0.15, 0.2) is 52.9 Å². The van der Waals surface area contributed by atoms with E-state index >= 15 is 0 Å². The highest BCUT2D eigenvalue weighted by atomic mass is 32.2. The van der Waals surface area contributed by atoms with Crippen LogP contribution in [0.5, 0.6) is 0 Å². The van der Waals surface area contributed by atoms with Gasteiger partial charge in [-0.05, 0) is 83.4 Å². The Morgan fingerprint density at radius 2 is 1.88 bits per heavy atom. The number of halogens is 1. The van der Waals surface area contributed by atoms with E-state index in [9.17, 15) is 23.3 Å². The molecule has 0 saturated heterocycles. The second-order valence-corrected chi connectivity index (χ2v) is 10.3. The molecule has 2 aromatic rings. The SMILES string of the molecule is CSc1ccc(C=C2C(C)=C(CC(=O)NC(CCS(C)=O)C(=O)O)c3cc(F)ccc32)cc1. The minimum atomic E-state index is -1.17. The maximum atomic E-state index is 14.1. The first-order valence-electron chi connectivity index (χ1n) is 10.4. The van der Waals surface area contributed by atoms with Crippen molar-refractivity contribution < 1.29 is 23.3 Å². The first-order valence-corrected chi connectivity index (χ1v) is 13.3. The van der Waals surface area contributed by atoms with Crippen molar-refractivity contribution in [2.45, 2.75) is 30.7 Å². The van der Waals surface area contributed by atoms with Crippen molar-refractivity contribution in [3.8, 4) is 0 Å². The number of fused-ring (bicyclic) bond motifs is 1. The molecule has 8 heteroatoms. The van der Waals surface area contributed by atoms with Gasteiger partial charge >= 0.3 is 5.97 Å². The molecule has 2 unspecified atom stereocenters. The summed E-state index contributed by atoms with van der Waals surface area (Å²) in [4.78, 5) is 25.4. The predicted molar refractivity (Wildman–Crippen MR) is 133 cm³/mol. The number of benzene rings is 2. The third-order valence-electron chi connectivity index (χ3n) is 5.55. The number of allylic oxidation sites excluding steroid dienone is 2. The molecule has 1 aliphatic carbocycles. The minimum absolute atomic E-state index is 0.0740. The van der Waals surface area contributed by atoms with Crippen LogP contribution in [0.3, 0.4) is 0 Å². The summed E-state index contributed by atoms with van der Waals surface area (Å²) in [6.45, 7) is 1.89. The van der Waals surface area contributed by atoms with Gasteiger partial charge in [0, 0.05) is 27.7 Å². The van der Waals surface area contributed by atoms with Crippen molar-refractivity contribution in [2.75, 3.05) is 18.3 Å². The van der Waals surface area contributed by atoms with Crippen molar-refractivity contribution in [1.29, 1.82) is 0 Å². The number of hydrogen-bond acceptors (Lipinski definition) is 4. The minimum Gasteiger partial charge on any atom is -0.480 e. The lowest BCUT2D eigenvalue weighted by Crippen LogP contribution is -2.41. The molecule has 0 heterocycles. The van der Waals surface area contributed by atoms with Crippen LogP contribution >= 0.6 is 11.8 Å². The van der Waals surface area contributed by atoms with Crippen molar-refractivity contribution >= 4 is 51.7 Å². The van der Waals surface area contributed by atoms with Gasteiger partial charge in [0.25, 0.3) is 0 Å². The van der Waals surface area contributed by atoms with E-state index in [1.807, 2.05) is 43.5 Å². The molecule has 2 N–H and O–H groups in total. The van der Waals surface area contributed by atoms with E-state index in [0.717, 1.165) is 27.2 Å². The number of carboxylic acids is 1. The summed E-state index contributed by atoms with van der Waals surface area (Å²) in [6.07, 6.45) is 5.50. The zero-order valence-corrected chi connectivity index (χ0v) is 20.3. The fraction of sp³-hybridized carbons (Fsp3) is 0.280. The van der Waals surface area contributed by atoms with Crippen LogP contribution < -0.4 is 5.32 Å². The van der Waals surface area contributed by atoms with E-state index in [2.05, 4.69) is 5.32 Å². The largest absolute Gasteiger partial charge is 0.480 e. The second kappa shape index (κ2) is 10.9. The molecule has 0 spiro atoms. The molecule has 1 amide bonds. The molecule has 174 valence electrons. The number of aliphatic carboxylic acids is 1. The summed E-state index contributed by atoms with van der Waals surface area (Å²) in [5, 5.41) is 11.9. The zero-order chi connectivity index (χ0) is 24.1. The van der Waals surface area contributed by atoms with Gasteiger partial charge in [0.1, 0.15) is 11.9 Å². The summed E-state index contributed by atoms with van der Waals surface area (Å²) in [5.74, 6) is -1.88. The smallest absolute Gasteiger partial charge is 0.326 e. The number of rotatable bonds is 9. The highest BCUT2D eigenvalue weighted by molar-refractivity contribution is 7.98. The van der Waals surface area contributed by atoms with Crippen LogP contribution in [0.1, 0.15) is 36.5 Å². The summed E-state index contributed by atoms with van der Waals surface area (Å²) < 4.78 is 25.4. The Hall–Kier alpha value is -2.71. The summed E-state index contributed by atoms with van der Waals surface area (Å²) >= 11 is 1.65. The normalized spacial score (nSPS) is 15.9. The fourth-order valence-corrected chi connectivity index (χ4v) is 4.77. The Kier molecular flexibility index (Phi) is 8.26. The summed E-state index contributed by atoms with van der Waals surface area (Å²) in [5.41, 5.74) is 4.87. The topological polar surface area (TPSA) is 83.5 Å². The number of nitrogens with one attached hydrogen (secondary N) is 1. The zero-order valence-electron chi connectivity index (χ0n) is 18.7. The number of amides is 1. The highest BCUT2D eigenvalue weighted by Gasteiger charge is 2.27. The summed E-state index contributed by atoms with van der Waals surface area (Å²) in [7, 11) is -1.16. The first kappa shape index (κ1) is 24.9. The molecule has 5 nitrogen and oxygen atoms in total.